The molecule has 0 fully saturated rings. The Kier molecular flexibility index (Phi) is 4.32. The number of hydrogen-bond acceptors (Lipinski definition) is 7. The van der Waals surface area contributed by atoms with Gasteiger partial charge in [-0.2, -0.15) is 5.26 Å². The largest absolute Gasteiger partial charge is 0.493 e. The lowest BCUT2D eigenvalue weighted by atomic mass is 9.75. The van der Waals surface area contributed by atoms with E-state index in [2.05, 4.69) is 0 Å². The molecule has 29 heavy (non-hydrogen) atoms. The molecule has 2 aliphatic rings. The molecular formula is C22H16N2O5. The van der Waals surface area contributed by atoms with Crippen LogP contribution in [-0.2, 0) is 4.74 Å². The number of fused-ring (bicyclic) bond motifs is 1. The first-order valence-electron chi connectivity index (χ1n) is 8.74. The summed E-state index contributed by atoms with van der Waals surface area (Å²) in [6.45, 7) is 0. The third kappa shape index (κ3) is 2.57. The predicted octanol–water partition coefficient (Wildman–Crippen LogP) is 2.84. The van der Waals surface area contributed by atoms with E-state index in [0.29, 0.717) is 17.1 Å². The maximum atomic E-state index is 13.4. The fourth-order valence-electron chi connectivity index (χ4n) is 3.76. The van der Waals surface area contributed by atoms with Gasteiger partial charge in [0.25, 0.3) is 0 Å². The Morgan fingerprint density at radius 1 is 1.00 bits per heavy atom. The molecule has 7 nitrogen and oxygen atoms in total. The third-order valence-corrected chi connectivity index (χ3v) is 5.03. The molecule has 7 heteroatoms. The first kappa shape index (κ1) is 18.3. The SMILES string of the molecule is COc1cccc([C@@H]2C(C#N)=C(N)OC3=C2C(=O)c2ccccc2C3=O)c1OC. The molecule has 0 saturated heterocycles. The van der Waals surface area contributed by atoms with E-state index in [-0.39, 0.29) is 33.9 Å². The number of carbonyl (C=O) groups excluding carboxylic acids is 2. The number of benzene rings is 2. The smallest absolute Gasteiger partial charge is 0.229 e. The Labute approximate surface area is 166 Å². The third-order valence-electron chi connectivity index (χ3n) is 5.03. The lowest BCUT2D eigenvalue weighted by molar-refractivity contribution is 0.0897. The standard InChI is InChI=1S/C22H16N2O5/c1-27-15-9-5-8-13(20(15)28-2)16-14(10-23)22(24)29-21-17(16)18(25)11-6-3-4-7-12(11)19(21)26/h3-9,16H,24H2,1-2H3/t16-/m1/s1. The van der Waals surface area contributed by atoms with Crippen molar-refractivity contribution in [3.05, 3.63) is 81.9 Å². The Balaban J connectivity index is 2.02. The maximum absolute atomic E-state index is 13.4. The Morgan fingerprint density at radius 3 is 2.31 bits per heavy atom. The average Bonchev–Trinajstić information content (AvgIpc) is 2.75. The summed E-state index contributed by atoms with van der Waals surface area (Å²) < 4.78 is 16.3. The molecule has 2 aromatic carbocycles. The van der Waals surface area contributed by atoms with Crippen molar-refractivity contribution in [3.8, 4) is 17.6 Å². The minimum atomic E-state index is -0.932. The molecule has 1 aliphatic carbocycles. The number of allylic oxidation sites excluding steroid dienone is 3. The number of methoxy groups -OCH3 is 2. The van der Waals surface area contributed by atoms with Crippen LogP contribution in [0.25, 0.3) is 0 Å². The van der Waals surface area contributed by atoms with Gasteiger partial charge in [-0.1, -0.05) is 36.4 Å². The molecule has 1 aliphatic heterocycles. The van der Waals surface area contributed by atoms with Crippen LogP contribution in [0, 0.1) is 11.3 Å². The zero-order chi connectivity index (χ0) is 20.7. The zero-order valence-electron chi connectivity index (χ0n) is 15.7. The first-order valence-corrected chi connectivity index (χ1v) is 8.74. The number of Topliss-reactive ketones (excluding diaryl/α,β-unsaturated/α-hetero) is 2. The summed E-state index contributed by atoms with van der Waals surface area (Å²) in [7, 11) is 2.94. The van der Waals surface area contributed by atoms with E-state index < -0.39 is 17.5 Å². The molecule has 0 aromatic heterocycles. The van der Waals surface area contributed by atoms with Crippen LogP contribution in [0.1, 0.15) is 32.2 Å². The van der Waals surface area contributed by atoms with Gasteiger partial charge >= 0.3 is 0 Å². The van der Waals surface area contributed by atoms with E-state index in [4.69, 9.17) is 19.9 Å². The number of ketones is 2. The molecule has 144 valence electrons. The van der Waals surface area contributed by atoms with Gasteiger partial charge in [0.05, 0.1) is 25.7 Å². The summed E-state index contributed by atoms with van der Waals surface area (Å²) in [5.41, 5.74) is 7.03. The molecule has 0 spiro atoms. The van der Waals surface area contributed by atoms with Crippen molar-refractivity contribution in [1.29, 1.82) is 5.26 Å². The number of rotatable bonds is 3. The highest BCUT2D eigenvalue weighted by molar-refractivity contribution is 6.27. The maximum Gasteiger partial charge on any atom is 0.229 e. The van der Waals surface area contributed by atoms with E-state index >= 15 is 0 Å². The molecule has 0 radical (unpaired) electrons. The van der Waals surface area contributed by atoms with Gasteiger partial charge in [-0.25, -0.2) is 0 Å². The number of carbonyl (C=O) groups is 2. The van der Waals surface area contributed by atoms with Crippen LogP contribution in [0.2, 0.25) is 0 Å². The Bertz CT molecular complexity index is 1170. The highest BCUT2D eigenvalue weighted by atomic mass is 16.5. The Hall–Kier alpha value is -4.05. The molecule has 4 rings (SSSR count). The fourth-order valence-corrected chi connectivity index (χ4v) is 3.76. The second-order valence-corrected chi connectivity index (χ2v) is 6.45. The highest BCUT2D eigenvalue weighted by Gasteiger charge is 2.44. The van der Waals surface area contributed by atoms with Gasteiger partial charge in [0.15, 0.2) is 23.0 Å². The monoisotopic (exact) mass is 388 g/mol. The van der Waals surface area contributed by atoms with E-state index in [1.165, 1.54) is 14.2 Å². The van der Waals surface area contributed by atoms with E-state index in [0.717, 1.165) is 0 Å². The van der Waals surface area contributed by atoms with Crippen LogP contribution in [0.5, 0.6) is 11.5 Å². The number of hydrogen-bond donors (Lipinski definition) is 1. The normalized spacial score (nSPS) is 17.9. The molecule has 2 N–H and O–H groups in total. The molecule has 0 amide bonds. The van der Waals surface area contributed by atoms with E-state index in [9.17, 15) is 14.9 Å². The summed E-state index contributed by atoms with van der Waals surface area (Å²) in [5.74, 6) is -1.41. The van der Waals surface area contributed by atoms with Gasteiger partial charge < -0.3 is 19.9 Å². The summed E-state index contributed by atoms with van der Waals surface area (Å²) in [6, 6.07) is 13.6. The molecule has 0 saturated carbocycles. The minimum absolute atomic E-state index is 0.0239. The number of para-hydroxylation sites is 1. The van der Waals surface area contributed by atoms with Crippen molar-refractivity contribution < 1.29 is 23.8 Å². The highest BCUT2D eigenvalue weighted by Crippen LogP contribution is 2.48. The second-order valence-electron chi connectivity index (χ2n) is 6.45. The van der Waals surface area contributed by atoms with Crippen molar-refractivity contribution in [2.45, 2.75) is 5.92 Å². The van der Waals surface area contributed by atoms with E-state index in [1.807, 2.05) is 6.07 Å². The molecule has 2 aromatic rings. The van der Waals surface area contributed by atoms with Gasteiger partial charge in [0.2, 0.25) is 11.7 Å². The summed E-state index contributed by atoms with van der Waals surface area (Å²) >= 11 is 0. The summed E-state index contributed by atoms with van der Waals surface area (Å²) in [5, 5.41) is 9.76. The lowest BCUT2D eigenvalue weighted by Gasteiger charge is -2.31. The number of ether oxygens (including phenoxy) is 3. The van der Waals surface area contributed by atoms with Crippen LogP contribution >= 0.6 is 0 Å². The van der Waals surface area contributed by atoms with Crippen molar-refractivity contribution >= 4 is 11.6 Å². The van der Waals surface area contributed by atoms with Gasteiger partial charge in [0.1, 0.15) is 11.6 Å². The first-order chi connectivity index (χ1) is 14.0. The number of nitriles is 1. The predicted molar refractivity (Wildman–Crippen MR) is 102 cm³/mol. The quantitative estimate of drug-likeness (QED) is 0.860. The second kappa shape index (κ2) is 6.84. The van der Waals surface area contributed by atoms with Crippen LogP contribution in [0.15, 0.2) is 65.3 Å². The van der Waals surface area contributed by atoms with Crippen LogP contribution in [0.3, 0.4) is 0 Å². The van der Waals surface area contributed by atoms with Crippen LogP contribution in [0.4, 0.5) is 0 Å². The van der Waals surface area contributed by atoms with Gasteiger partial charge in [-0.15, -0.1) is 0 Å². The topological polar surface area (TPSA) is 112 Å². The molecule has 0 bridgehead atoms. The number of nitrogens with zero attached hydrogens (tertiary/aromatic N) is 1. The van der Waals surface area contributed by atoms with Gasteiger partial charge in [-0.05, 0) is 6.07 Å². The zero-order valence-corrected chi connectivity index (χ0v) is 15.7. The van der Waals surface area contributed by atoms with Crippen molar-refractivity contribution in [2.75, 3.05) is 14.2 Å². The molecule has 0 unspecified atom stereocenters. The van der Waals surface area contributed by atoms with Crippen LogP contribution < -0.4 is 15.2 Å². The fraction of sp³-hybridized carbons (Fsp3) is 0.136. The number of nitrogens with two attached hydrogens (primary N) is 1. The molecule has 1 atom stereocenters. The van der Waals surface area contributed by atoms with Gasteiger partial charge in [0, 0.05) is 16.7 Å². The molecule has 1 heterocycles. The van der Waals surface area contributed by atoms with Gasteiger partial charge in [-0.3, -0.25) is 9.59 Å². The van der Waals surface area contributed by atoms with Crippen molar-refractivity contribution in [2.24, 2.45) is 5.73 Å². The minimum Gasteiger partial charge on any atom is -0.493 e. The van der Waals surface area contributed by atoms with E-state index in [1.54, 1.807) is 42.5 Å². The molecular weight excluding hydrogens is 372 g/mol. The summed E-state index contributed by atoms with van der Waals surface area (Å²) in [4.78, 5) is 26.4. The van der Waals surface area contributed by atoms with Crippen molar-refractivity contribution in [1.82, 2.24) is 0 Å². The average molecular weight is 388 g/mol. The Morgan fingerprint density at radius 2 is 1.69 bits per heavy atom. The van der Waals surface area contributed by atoms with Crippen LogP contribution in [-0.4, -0.2) is 25.8 Å². The summed E-state index contributed by atoms with van der Waals surface area (Å²) in [6.07, 6.45) is 0. The van der Waals surface area contributed by atoms with Crippen molar-refractivity contribution in [3.63, 3.8) is 0 Å². The lowest BCUT2D eigenvalue weighted by Crippen LogP contribution is -2.32.